The quantitative estimate of drug-likeness (QED) is 0.260. The number of rotatable bonds is 7. The Labute approximate surface area is 236 Å². The third-order valence-electron chi connectivity index (χ3n) is 7.31. The number of carbonyl (C=O) groups excluding carboxylic acids is 4. The van der Waals surface area contributed by atoms with Crippen molar-refractivity contribution in [2.45, 2.75) is 44.6 Å². The molecule has 40 heavy (non-hydrogen) atoms. The molecule has 3 saturated heterocycles. The number of anilines is 1. The van der Waals surface area contributed by atoms with Gasteiger partial charge in [0, 0.05) is 20.0 Å². The zero-order valence-corrected chi connectivity index (χ0v) is 23.5. The molecular formula is C25H31ClFN3O9S. The van der Waals surface area contributed by atoms with Gasteiger partial charge in [0.2, 0.25) is 12.7 Å². The van der Waals surface area contributed by atoms with Crippen LogP contribution >= 0.6 is 11.8 Å². The fraction of sp³-hybridized carbons (Fsp3) is 0.600. The first-order valence-corrected chi connectivity index (χ1v) is 15.1. The van der Waals surface area contributed by atoms with Crippen LogP contribution < -0.4 is 4.90 Å². The van der Waals surface area contributed by atoms with Crippen molar-refractivity contribution in [3.05, 3.63) is 29.6 Å². The fourth-order valence-corrected chi connectivity index (χ4v) is 6.68. The molecule has 220 valence electrons. The molecule has 3 aliphatic heterocycles. The summed E-state index contributed by atoms with van der Waals surface area (Å²) in [5.74, 6) is -2.35. The van der Waals surface area contributed by atoms with E-state index in [4.69, 9.17) is 26.0 Å². The van der Waals surface area contributed by atoms with Crippen LogP contribution in [-0.2, 0) is 33.6 Å². The lowest BCUT2D eigenvalue weighted by Gasteiger charge is -2.25. The van der Waals surface area contributed by atoms with Crippen LogP contribution in [-0.4, -0.2) is 92.4 Å². The first-order valence-electron chi connectivity index (χ1n) is 12.9. The number of cyclic esters (lactones) is 1. The Balaban J connectivity index is 1.30. The van der Waals surface area contributed by atoms with Crippen molar-refractivity contribution in [1.29, 1.82) is 0 Å². The summed E-state index contributed by atoms with van der Waals surface area (Å²) < 4.78 is 55.1. The Morgan fingerprint density at radius 1 is 1.12 bits per heavy atom. The monoisotopic (exact) mass is 603 g/mol. The number of esters is 1. The van der Waals surface area contributed by atoms with Crippen molar-refractivity contribution < 1.29 is 46.2 Å². The average Bonchev–Trinajstić information content (AvgIpc) is 3.27. The molecule has 3 heterocycles. The Bertz CT molecular complexity index is 1240. The van der Waals surface area contributed by atoms with E-state index in [9.17, 15) is 32.0 Å². The van der Waals surface area contributed by atoms with E-state index in [1.165, 1.54) is 17.0 Å². The standard InChI is InChI=1S/C25H31ClFN3O9S/c1-16(31)29(24(33)38-15-37-23(32)18-4-8-28(26)9-5-18)13-20-14-30(25(34)39-20)19-2-3-21(22(27)12-19)17-6-10-40(35,36)11-7-17/h2-3,12,17-18,20H,4-11,13-15H2,1H3/t20-/m0/s1. The van der Waals surface area contributed by atoms with E-state index in [2.05, 4.69) is 0 Å². The second kappa shape index (κ2) is 12.7. The Hall–Kier alpha value is -2.97. The molecule has 0 saturated carbocycles. The Morgan fingerprint density at radius 3 is 2.42 bits per heavy atom. The molecule has 3 fully saturated rings. The van der Waals surface area contributed by atoms with E-state index in [0.717, 1.165) is 11.8 Å². The zero-order valence-electron chi connectivity index (χ0n) is 21.9. The Morgan fingerprint density at radius 2 is 1.80 bits per heavy atom. The first kappa shape index (κ1) is 30.0. The molecule has 0 unspecified atom stereocenters. The molecule has 0 bridgehead atoms. The number of amides is 3. The number of piperidine rings is 1. The van der Waals surface area contributed by atoms with Crippen molar-refractivity contribution in [1.82, 2.24) is 9.32 Å². The molecule has 3 amide bonds. The van der Waals surface area contributed by atoms with Crippen LogP contribution in [0.1, 0.15) is 44.1 Å². The second-order valence-corrected chi connectivity index (χ2v) is 12.8. The van der Waals surface area contributed by atoms with Gasteiger partial charge < -0.3 is 14.2 Å². The molecule has 0 radical (unpaired) electrons. The molecule has 15 heteroatoms. The van der Waals surface area contributed by atoms with Gasteiger partial charge in [-0.05, 0) is 61.1 Å². The molecule has 1 atom stereocenters. The maximum absolute atomic E-state index is 15.0. The van der Waals surface area contributed by atoms with Crippen LogP contribution in [0.5, 0.6) is 0 Å². The number of halogens is 2. The highest BCUT2D eigenvalue weighted by atomic mass is 35.5. The molecule has 1 aromatic carbocycles. The number of hydrogen-bond acceptors (Lipinski definition) is 10. The summed E-state index contributed by atoms with van der Waals surface area (Å²) in [6.07, 6.45) is -1.09. The number of ether oxygens (including phenoxy) is 3. The molecule has 3 aliphatic rings. The summed E-state index contributed by atoms with van der Waals surface area (Å²) in [7, 11) is -3.09. The van der Waals surface area contributed by atoms with Gasteiger partial charge in [0.1, 0.15) is 21.8 Å². The van der Waals surface area contributed by atoms with E-state index in [1.54, 1.807) is 10.5 Å². The molecule has 4 rings (SSSR count). The lowest BCUT2D eigenvalue weighted by molar-refractivity contribution is -0.159. The van der Waals surface area contributed by atoms with E-state index in [-0.39, 0.29) is 42.1 Å². The molecular weight excluding hydrogens is 573 g/mol. The second-order valence-electron chi connectivity index (χ2n) is 10.1. The fourth-order valence-electron chi connectivity index (χ4n) is 5.00. The van der Waals surface area contributed by atoms with Crippen molar-refractivity contribution in [3.63, 3.8) is 0 Å². The number of carbonyl (C=O) groups is 4. The van der Waals surface area contributed by atoms with Crippen molar-refractivity contribution in [3.8, 4) is 0 Å². The minimum Gasteiger partial charge on any atom is -0.442 e. The smallest absolute Gasteiger partial charge is 0.419 e. The van der Waals surface area contributed by atoms with E-state index < -0.39 is 52.6 Å². The van der Waals surface area contributed by atoms with Gasteiger partial charge in [0.15, 0.2) is 0 Å². The molecule has 0 aliphatic carbocycles. The van der Waals surface area contributed by atoms with Gasteiger partial charge in [0.05, 0.1) is 36.2 Å². The zero-order chi connectivity index (χ0) is 29.0. The summed E-state index contributed by atoms with van der Waals surface area (Å²) in [5, 5.41) is 0. The topological polar surface area (TPSA) is 140 Å². The van der Waals surface area contributed by atoms with Crippen LogP contribution in [0.15, 0.2) is 18.2 Å². The summed E-state index contributed by atoms with van der Waals surface area (Å²) in [4.78, 5) is 51.2. The number of hydrogen-bond donors (Lipinski definition) is 0. The van der Waals surface area contributed by atoms with Gasteiger partial charge in [0.25, 0.3) is 0 Å². The highest BCUT2D eigenvalue weighted by Gasteiger charge is 2.37. The molecule has 12 nitrogen and oxygen atoms in total. The van der Waals surface area contributed by atoms with Crippen LogP contribution in [0.2, 0.25) is 0 Å². The lowest BCUT2D eigenvalue weighted by Crippen LogP contribution is -2.42. The van der Waals surface area contributed by atoms with Gasteiger partial charge in [-0.15, -0.1) is 0 Å². The third-order valence-corrected chi connectivity index (χ3v) is 9.36. The minimum atomic E-state index is -3.09. The van der Waals surface area contributed by atoms with Crippen molar-refractivity contribution >= 4 is 51.4 Å². The lowest BCUT2D eigenvalue weighted by atomic mass is 9.93. The van der Waals surface area contributed by atoms with Gasteiger partial charge in [-0.3, -0.25) is 14.5 Å². The van der Waals surface area contributed by atoms with Crippen molar-refractivity contribution in [2.24, 2.45) is 5.92 Å². The molecule has 0 spiro atoms. The normalized spacial score (nSPS) is 22.0. The molecule has 1 aromatic rings. The maximum atomic E-state index is 15.0. The molecule has 0 aromatic heterocycles. The third kappa shape index (κ3) is 7.40. The highest BCUT2D eigenvalue weighted by molar-refractivity contribution is 7.91. The first-order chi connectivity index (χ1) is 18.9. The number of sulfone groups is 1. The van der Waals surface area contributed by atoms with Gasteiger partial charge >= 0.3 is 18.2 Å². The largest absolute Gasteiger partial charge is 0.442 e. The summed E-state index contributed by atoms with van der Waals surface area (Å²) in [5.41, 5.74) is 0.611. The van der Waals surface area contributed by atoms with Gasteiger partial charge in [-0.1, -0.05) is 6.07 Å². The summed E-state index contributed by atoms with van der Waals surface area (Å²) >= 11 is 5.88. The number of benzene rings is 1. The van der Waals surface area contributed by atoms with Crippen LogP contribution in [0.4, 0.5) is 19.7 Å². The Kier molecular flexibility index (Phi) is 9.52. The SMILES string of the molecule is CC(=O)N(C[C@H]1CN(c2ccc(C3CCS(=O)(=O)CC3)c(F)c2)C(=O)O1)C(=O)OCOC(=O)C1CCN(Cl)CC1. The summed E-state index contributed by atoms with van der Waals surface area (Å²) in [6, 6.07) is 4.27. The predicted molar refractivity (Wildman–Crippen MR) is 140 cm³/mol. The number of imide groups is 1. The van der Waals surface area contributed by atoms with Crippen LogP contribution in [0, 0.1) is 11.7 Å². The van der Waals surface area contributed by atoms with E-state index in [1.807, 2.05) is 0 Å². The predicted octanol–water partition coefficient (Wildman–Crippen LogP) is 2.79. The average molecular weight is 604 g/mol. The van der Waals surface area contributed by atoms with Gasteiger partial charge in [-0.2, -0.15) is 0 Å². The van der Waals surface area contributed by atoms with Crippen molar-refractivity contribution in [2.75, 3.05) is 49.4 Å². The maximum Gasteiger partial charge on any atom is 0.419 e. The number of nitrogens with zero attached hydrogens (tertiary/aromatic N) is 3. The summed E-state index contributed by atoms with van der Waals surface area (Å²) in [6.45, 7) is 1.12. The van der Waals surface area contributed by atoms with E-state index in [0.29, 0.717) is 44.3 Å². The van der Waals surface area contributed by atoms with Crippen LogP contribution in [0.25, 0.3) is 0 Å². The molecule has 0 N–H and O–H groups in total. The van der Waals surface area contributed by atoms with Gasteiger partial charge in [-0.25, -0.2) is 31.7 Å². The highest BCUT2D eigenvalue weighted by Crippen LogP contribution is 2.33. The minimum absolute atomic E-state index is 0.00441. The van der Waals surface area contributed by atoms with Crippen LogP contribution in [0.3, 0.4) is 0 Å². The van der Waals surface area contributed by atoms with E-state index >= 15 is 0 Å².